The van der Waals surface area contributed by atoms with Crippen LogP contribution in [-0.2, 0) is 16.1 Å². The highest BCUT2D eigenvalue weighted by molar-refractivity contribution is 9.10. The van der Waals surface area contributed by atoms with Crippen molar-refractivity contribution in [1.29, 1.82) is 0 Å². The number of amides is 2. The molecule has 12 heteroatoms. The summed E-state index contributed by atoms with van der Waals surface area (Å²) >= 11 is 3.42. The van der Waals surface area contributed by atoms with E-state index in [1.165, 1.54) is 7.11 Å². The van der Waals surface area contributed by atoms with Gasteiger partial charge in [0, 0.05) is 10.2 Å². The summed E-state index contributed by atoms with van der Waals surface area (Å²) in [7, 11) is 1.28. The molecule has 0 aromatic heterocycles. The van der Waals surface area contributed by atoms with Gasteiger partial charge in [-0.3, -0.25) is 5.43 Å². The molecule has 0 saturated carbocycles. The molecule has 0 fully saturated rings. The molecule has 4 N–H and O–H groups in total. The van der Waals surface area contributed by atoms with Gasteiger partial charge < -0.3 is 34.7 Å². The number of hydrogen-bond acceptors (Lipinski definition) is 9. The lowest BCUT2D eigenvalue weighted by atomic mass is 9.95. The first-order valence-electron chi connectivity index (χ1n) is 13.5. The second-order valence-electron chi connectivity index (χ2n) is 9.40. The maximum atomic E-state index is 12.4. The quantitative estimate of drug-likeness (QED) is 0.0913. The minimum Gasteiger partial charge on any atom is -0.490 e. The van der Waals surface area contributed by atoms with Crippen LogP contribution in [0.3, 0.4) is 0 Å². The number of benzene rings is 3. The van der Waals surface area contributed by atoms with Gasteiger partial charge in [-0.1, -0.05) is 34.1 Å². The number of hydrazone groups is 1. The smallest absolute Gasteiger partial charge is 0.337 e. The highest BCUT2D eigenvalue weighted by Crippen LogP contribution is 2.35. The highest BCUT2D eigenvalue weighted by atomic mass is 79.9. The molecule has 0 saturated heterocycles. The van der Waals surface area contributed by atoms with Gasteiger partial charge in [-0.25, -0.2) is 9.59 Å². The van der Waals surface area contributed by atoms with Crippen LogP contribution in [0.2, 0.25) is 0 Å². The number of carbonyl (C=O) groups excluding carboxylic acids is 2. The minimum absolute atomic E-state index is 0.129. The van der Waals surface area contributed by atoms with E-state index < -0.39 is 24.3 Å². The van der Waals surface area contributed by atoms with Crippen LogP contribution in [0.25, 0.3) is 0 Å². The van der Waals surface area contributed by atoms with Crippen LogP contribution in [0.4, 0.5) is 4.79 Å². The number of aliphatic hydroxyl groups excluding tert-OH is 1. The van der Waals surface area contributed by atoms with Crippen LogP contribution in [0, 0.1) is 0 Å². The van der Waals surface area contributed by atoms with Crippen LogP contribution in [0.1, 0.15) is 36.6 Å². The zero-order chi connectivity index (χ0) is 30.8. The number of nitrogens with one attached hydrogen (secondary N) is 3. The fourth-order valence-corrected chi connectivity index (χ4v) is 4.48. The summed E-state index contributed by atoms with van der Waals surface area (Å²) in [4.78, 5) is 24.5. The summed E-state index contributed by atoms with van der Waals surface area (Å²) in [5, 5.41) is 19.8. The molecule has 43 heavy (non-hydrogen) atoms. The number of halogens is 1. The average Bonchev–Trinajstić information content (AvgIpc) is 3.00. The van der Waals surface area contributed by atoms with Gasteiger partial charge in [0.1, 0.15) is 19.0 Å². The number of carbonyl (C=O) groups is 2. The third-order valence-corrected chi connectivity index (χ3v) is 6.84. The summed E-state index contributed by atoms with van der Waals surface area (Å²) in [6.07, 6.45) is 0.461. The van der Waals surface area contributed by atoms with Crippen LogP contribution in [0.5, 0.6) is 17.2 Å². The number of methoxy groups -OCH3 is 1. The number of esters is 1. The fraction of sp³-hybridized carbons (Fsp3) is 0.258. The Morgan fingerprint density at radius 2 is 1.81 bits per heavy atom. The molecule has 1 heterocycles. The molecule has 0 aliphatic carbocycles. The van der Waals surface area contributed by atoms with Crippen LogP contribution in [-0.4, -0.2) is 49.9 Å². The number of urea groups is 1. The summed E-state index contributed by atoms with van der Waals surface area (Å²) in [6.45, 7) is 4.12. The summed E-state index contributed by atoms with van der Waals surface area (Å²) in [6, 6.07) is 19.2. The number of nitrogens with zero attached hydrogens (tertiary/aromatic N) is 1. The van der Waals surface area contributed by atoms with Gasteiger partial charge in [0.25, 0.3) is 0 Å². The van der Waals surface area contributed by atoms with Gasteiger partial charge in [-0.2, -0.15) is 5.10 Å². The molecule has 2 amide bonds. The molecule has 0 radical (unpaired) electrons. The van der Waals surface area contributed by atoms with Crippen molar-refractivity contribution < 1.29 is 33.6 Å². The molecule has 3 aromatic carbocycles. The van der Waals surface area contributed by atoms with E-state index in [1.807, 2.05) is 55.5 Å². The van der Waals surface area contributed by atoms with Crippen molar-refractivity contribution in [3.63, 3.8) is 0 Å². The largest absolute Gasteiger partial charge is 0.490 e. The van der Waals surface area contributed by atoms with E-state index in [-0.39, 0.29) is 12.2 Å². The van der Waals surface area contributed by atoms with E-state index in [0.29, 0.717) is 36.0 Å². The van der Waals surface area contributed by atoms with Gasteiger partial charge in [0.2, 0.25) is 0 Å². The maximum absolute atomic E-state index is 12.4. The van der Waals surface area contributed by atoms with Crippen molar-refractivity contribution in [2.45, 2.75) is 32.7 Å². The van der Waals surface area contributed by atoms with Crippen molar-refractivity contribution in [3.05, 3.63) is 99.2 Å². The molecule has 0 spiro atoms. The zero-order valence-corrected chi connectivity index (χ0v) is 25.5. The molecule has 0 unspecified atom stereocenters. The number of rotatable bonds is 13. The molecule has 226 valence electrons. The minimum atomic E-state index is -1.11. The van der Waals surface area contributed by atoms with E-state index in [4.69, 9.17) is 18.9 Å². The van der Waals surface area contributed by atoms with Crippen LogP contribution < -0.4 is 30.3 Å². The first kappa shape index (κ1) is 31.4. The first-order chi connectivity index (χ1) is 20.8. The van der Waals surface area contributed by atoms with Gasteiger partial charge in [0.15, 0.2) is 17.7 Å². The van der Waals surface area contributed by atoms with E-state index in [2.05, 4.69) is 37.1 Å². The van der Waals surface area contributed by atoms with E-state index in [1.54, 1.807) is 31.3 Å². The Morgan fingerprint density at radius 3 is 2.51 bits per heavy atom. The number of allylic oxidation sites excluding steroid dienone is 1. The third-order valence-electron chi connectivity index (χ3n) is 6.31. The Balaban J connectivity index is 1.32. The monoisotopic (exact) mass is 652 g/mol. The standard InChI is InChI=1S/C31H33BrN4O7/c1-4-41-26-15-22(29-28(30(38)40-3)19(2)34-31(39)35-29)9-14-25(26)43-18-27(37)36-33-16-20-7-12-24(13-8-20)42-17-21-5-10-23(32)11-6-21/h5-16,27,29,36-37H,4,17-18H2,1-3H3,(H2,34,35,39)/b33-16-/t27-,29+/m1/s1. The highest BCUT2D eigenvalue weighted by Gasteiger charge is 2.32. The summed E-state index contributed by atoms with van der Waals surface area (Å²) in [5.74, 6) is 0.916. The first-order valence-corrected chi connectivity index (χ1v) is 14.3. The van der Waals surface area contributed by atoms with Gasteiger partial charge in [0.05, 0.1) is 31.5 Å². The molecule has 3 aromatic rings. The normalized spacial score (nSPS) is 15.4. The van der Waals surface area contributed by atoms with Gasteiger partial charge >= 0.3 is 12.0 Å². The fourth-order valence-electron chi connectivity index (χ4n) is 4.22. The van der Waals surface area contributed by atoms with Crippen molar-refractivity contribution in [2.75, 3.05) is 20.3 Å². The SMILES string of the molecule is CCOc1cc([C@@H]2NC(=O)NC(C)=C2C(=O)OC)ccc1OC[C@@H](O)N/N=C\c1ccc(OCc2ccc(Br)cc2)cc1. The van der Waals surface area contributed by atoms with E-state index >= 15 is 0 Å². The van der Waals surface area contributed by atoms with E-state index in [9.17, 15) is 14.7 Å². The lowest BCUT2D eigenvalue weighted by Crippen LogP contribution is -2.45. The molecule has 1 aliphatic rings. The molecule has 11 nitrogen and oxygen atoms in total. The van der Waals surface area contributed by atoms with E-state index in [0.717, 1.165) is 21.3 Å². The summed E-state index contributed by atoms with van der Waals surface area (Å²) < 4.78 is 23.3. The average molecular weight is 654 g/mol. The second kappa shape index (κ2) is 15.1. The molecular formula is C31H33BrN4O7. The topological polar surface area (TPSA) is 140 Å². The Bertz CT molecular complexity index is 1480. The van der Waals surface area contributed by atoms with Crippen LogP contribution >= 0.6 is 15.9 Å². The summed E-state index contributed by atoms with van der Waals surface area (Å²) in [5.41, 5.74) is 5.77. The molecule has 4 rings (SSSR count). The Kier molecular flexibility index (Phi) is 11.0. The second-order valence-corrected chi connectivity index (χ2v) is 10.3. The van der Waals surface area contributed by atoms with Gasteiger partial charge in [-0.05, 0) is 79.1 Å². The maximum Gasteiger partial charge on any atom is 0.337 e. The predicted octanol–water partition coefficient (Wildman–Crippen LogP) is 4.55. The Morgan fingerprint density at radius 1 is 1.07 bits per heavy atom. The lowest BCUT2D eigenvalue weighted by Gasteiger charge is -2.28. The molecule has 1 aliphatic heterocycles. The predicted molar refractivity (Wildman–Crippen MR) is 164 cm³/mol. The van der Waals surface area contributed by atoms with Crippen molar-refractivity contribution in [3.8, 4) is 17.2 Å². The molecule has 2 atom stereocenters. The van der Waals surface area contributed by atoms with Crippen molar-refractivity contribution in [1.82, 2.24) is 16.1 Å². The lowest BCUT2D eigenvalue weighted by molar-refractivity contribution is -0.136. The van der Waals surface area contributed by atoms with Gasteiger partial charge in [-0.15, -0.1) is 0 Å². The Labute approximate surface area is 258 Å². The molecular weight excluding hydrogens is 620 g/mol. The van der Waals surface area contributed by atoms with Crippen LogP contribution in [0.15, 0.2) is 87.6 Å². The number of aliphatic hydroxyl groups is 1. The van der Waals surface area contributed by atoms with Crippen molar-refractivity contribution >= 4 is 34.1 Å². The third kappa shape index (κ3) is 8.72. The molecule has 0 bridgehead atoms. The zero-order valence-electron chi connectivity index (χ0n) is 23.9. The Hall–Kier alpha value is -4.55. The number of hydrogen-bond donors (Lipinski definition) is 4. The van der Waals surface area contributed by atoms with Crippen molar-refractivity contribution in [2.24, 2.45) is 5.10 Å². The number of ether oxygens (including phenoxy) is 4.